The number of halogens is 1. The number of benzene rings is 2. The molecule has 1 fully saturated rings. The molecule has 0 saturated carbocycles. The third-order valence-corrected chi connectivity index (χ3v) is 6.13. The zero-order valence-corrected chi connectivity index (χ0v) is 21.5. The summed E-state index contributed by atoms with van der Waals surface area (Å²) in [4.78, 5) is 27.9. The fourth-order valence-electron chi connectivity index (χ4n) is 4.18. The Kier molecular flexibility index (Phi) is 8.67. The van der Waals surface area contributed by atoms with Crippen LogP contribution in [0, 0.1) is 0 Å². The maximum Gasteiger partial charge on any atom is 0.295 e. The van der Waals surface area contributed by atoms with Crippen molar-refractivity contribution in [2.75, 3.05) is 20.8 Å². The molecule has 0 spiro atoms. The normalized spacial score (nSPS) is 17.2. The van der Waals surface area contributed by atoms with E-state index in [2.05, 4.69) is 6.92 Å². The van der Waals surface area contributed by atoms with E-state index in [-0.39, 0.29) is 28.7 Å². The number of likely N-dealkylation sites (tertiary alicyclic amines) is 1. The van der Waals surface area contributed by atoms with Crippen LogP contribution in [0.5, 0.6) is 17.2 Å². The lowest BCUT2D eigenvalue weighted by molar-refractivity contribution is -0.139. The summed E-state index contributed by atoms with van der Waals surface area (Å²) in [6.07, 6.45) is 2.64. The summed E-state index contributed by atoms with van der Waals surface area (Å²) in [7, 11) is 2.88. The minimum absolute atomic E-state index is 0.00730. The van der Waals surface area contributed by atoms with Crippen LogP contribution in [0.3, 0.4) is 0 Å². The molecule has 3 rings (SSSR count). The largest absolute Gasteiger partial charge is 0.507 e. The summed E-state index contributed by atoms with van der Waals surface area (Å²) >= 11 is 6.22. The van der Waals surface area contributed by atoms with Crippen LogP contribution in [0.1, 0.15) is 57.2 Å². The van der Waals surface area contributed by atoms with Gasteiger partial charge in [-0.05, 0) is 44.0 Å². The number of aliphatic hydroxyl groups excluding tert-OH is 1. The average Bonchev–Trinajstić information content (AvgIpc) is 3.08. The van der Waals surface area contributed by atoms with E-state index in [1.807, 2.05) is 26.0 Å². The second-order valence-electron chi connectivity index (χ2n) is 8.62. The van der Waals surface area contributed by atoms with Gasteiger partial charge in [-0.15, -0.1) is 0 Å². The lowest BCUT2D eigenvalue weighted by Crippen LogP contribution is -2.30. The molecule has 1 aliphatic heterocycles. The predicted molar refractivity (Wildman–Crippen MR) is 135 cm³/mol. The van der Waals surface area contributed by atoms with E-state index < -0.39 is 17.7 Å². The molecular formula is C27H32ClNO6. The number of rotatable bonds is 10. The Hall–Kier alpha value is -3.19. The van der Waals surface area contributed by atoms with Crippen LogP contribution in [0.4, 0.5) is 0 Å². The number of nitrogens with zero attached hydrogens (tertiary/aromatic N) is 1. The van der Waals surface area contributed by atoms with Gasteiger partial charge in [0.2, 0.25) is 0 Å². The van der Waals surface area contributed by atoms with E-state index in [0.717, 1.165) is 19.3 Å². The Morgan fingerprint density at radius 3 is 2.29 bits per heavy atom. The van der Waals surface area contributed by atoms with Crippen LogP contribution in [-0.4, -0.2) is 48.6 Å². The van der Waals surface area contributed by atoms with Crippen LogP contribution >= 0.6 is 11.6 Å². The summed E-state index contributed by atoms with van der Waals surface area (Å²) in [5.41, 5.74) is 0.898. The van der Waals surface area contributed by atoms with Gasteiger partial charge in [-0.2, -0.15) is 0 Å². The molecule has 1 atom stereocenters. The van der Waals surface area contributed by atoms with Gasteiger partial charge in [-0.3, -0.25) is 9.59 Å². The molecule has 8 heteroatoms. The van der Waals surface area contributed by atoms with Crippen LogP contribution in [0.15, 0.2) is 42.0 Å². The smallest absolute Gasteiger partial charge is 0.295 e. The van der Waals surface area contributed by atoms with Crippen LogP contribution in [0.2, 0.25) is 5.02 Å². The second-order valence-corrected chi connectivity index (χ2v) is 9.03. The molecule has 0 aliphatic carbocycles. The summed E-state index contributed by atoms with van der Waals surface area (Å²) < 4.78 is 16.4. The van der Waals surface area contributed by atoms with Gasteiger partial charge in [0, 0.05) is 12.6 Å². The Morgan fingerprint density at radius 2 is 1.71 bits per heavy atom. The number of aliphatic hydroxyl groups is 1. The highest BCUT2D eigenvalue weighted by atomic mass is 35.5. The zero-order chi connectivity index (χ0) is 25.7. The van der Waals surface area contributed by atoms with Crippen molar-refractivity contribution >= 4 is 29.1 Å². The second kappa shape index (κ2) is 11.5. The molecule has 1 unspecified atom stereocenters. The van der Waals surface area contributed by atoms with Gasteiger partial charge in [-0.1, -0.05) is 43.5 Å². The highest BCUT2D eigenvalue weighted by molar-refractivity contribution is 6.46. The first kappa shape index (κ1) is 26.4. The first-order valence-corrected chi connectivity index (χ1v) is 12.1. The van der Waals surface area contributed by atoms with E-state index in [9.17, 15) is 14.7 Å². The molecule has 0 radical (unpaired) electrons. The molecule has 188 valence electrons. The van der Waals surface area contributed by atoms with Crippen molar-refractivity contribution in [3.05, 3.63) is 58.1 Å². The van der Waals surface area contributed by atoms with E-state index in [4.69, 9.17) is 25.8 Å². The fraction of sp³-hybridized carbons (Fsp3) is 0.407. The maximum atomic E-state index is 13.2. The number of carbonyl (C=O) groups excluding carboxylic acids is 2. The van der Waals surface area contributed by atoms with Gasteiger partial charge >= 0.3 is 0 Å². The van der Waals surface area contributed by atoms with Gasteiger partial charge in [0.25, 0.3) is 11.7 Å². The standard InChI is InChI=1S/C27H32ClNO6/c1-6-7-8-13-29-24(17-9-11-18(12-10-17)35-16(2)3)23(26(31)27(29)32)25(30)19-14-22(34-5)20(28)15-21(19)33-4/h9-12,14-16,24,30H,6-8,13H2,1-5H3/b25-23+. The maximum absolute atomic E-state index is 13.2. The minimum atomic E-state index is -0.758. The van der Waals surface area contributed by atoms with E-state index in [1.165, 1.54) is 31.3 Å². The summed E-state index contributed by atoms with van der Waals surface area (Å²) in [6.45, 7) is 6.33. The number of unbranched alkanes of at least 4 members (excludes halogenated alkanes) is 2. The predicted octanol–water partition coefficient (Wildman–Crippen LogP) is 5.76. The molecule has 0 aromatic heterocycles. The first-order valence-electron chi connectivity index (χ1n) is 11.7. The molecule has 35 heavy (non-hydrogen) atoms. The molecule has 1 N–H and O–H groups in total. The average molecular weight is 502 g/mol. The Balaban J connectivity index is 2.17. The summed E-state index contributed by atoms with van der Waals surface area (Å²) in [5, 5.41) is 11.7. The monoisotopic (exact) mass is 501 g/mol. The molecular weight excluding hydrogens is 470 g/mol. The molecule has 1 aliphatic rings. The van der Waals surface area contributed by atoms with Crippen molar-refractivity contribution in [3.63, 3.8) is 0 Å². The van der Waals surface area contributed by atoms with E-state index >= 15 is 0 Å². The molecule has 1 heterocycles. The number of hydrogen-bond acceptors (Lipinski definition) is 6. The molecule has 2 aromatic carbocycles. The quantitative estimate of drug-likeness (QED) is 0.193. The number of amides is 1. The van der Waals surface area contributed by atoms with Crippen LogP contribution in [0.25, 0.3) is 5.76 Å². The minimum Gasteiger partial charge on any atom is -0.507 e. The lowest BCUT2D eigenvalue weighted by Gasteiger charge is -2.26. The lowest BCUT2D eigenvalue weighted by atomic mass is 9.94. The Bertz CT molecular complexity index is 1110. The topological polar surface area (TPSA) is 85.3 Å². The van der Waals surface area contributed by atoms with Crippen LogP contribution in [-0.2, 0) is 9.59 Å². The number of Topliss-reactive ketones (excluding diaryl/α,β-unsaturated/α-hetero) is 1. The van der Waals surface area contributed by atoms with Crippen molar-refractivity contribution in [2.45, 2.75) is 52.2 Å². The molecule has 0 bridgehead atoms. The van der Waals surface area contributed by atoms with Crippen LogP contribution < -0.4 is 14.2 Å². The third-order valence-electron chi connectivity index (χ3n) is 5.84. The third kappa shape index (κ3) is 5.56. The number of carbonyl (C=O) groups is 2. The molecule has 1 saturated heterocycles. The SMILES string of the molecule is CCCCCN1C(=O)C(=O)/C(=C(/O)c2cc(OC)c(Cl)cc2OC)C1c1ccc(OC(C)C)cc1. The van der Waals surface area contributed by atoms with Crippen molar-refractivity contribution < 1.29 is 28.9 Å². The molecule has 2 aromatic rings. The fourth-order valence-corrected chi connectivity index (χ4v) is 4.41. The van der Waals surface area contributed by atoms with Gasteiger partial charge in [-0.25, -0.2) is 0 Å². The number of hydrogen-bond donors (Lipinski definition) is 1. The first-order chi connectivity index (χ1) is 16.7. The van der Waals surface area contributed by atoms with Gasteiger partial charge in [0.05, 0.1) is 42.5 Å². The highest BCUT2D eigenvalue weighted by Gasteiger charge is 2.46. The van der Waals surface area contributed by atoms with Gasteiger partial charge in [0.1, 0.15) is 23.0 Å². The van der Waals surface area contributed by atoms with Gasteiger partial charge in [0.15, 0.2) is 0 Å². The Labute approximate surface area is 211 Å². The van der Waals surface area contributed by atoms with E-state index in [1.54, 1.807) is 12.1 Å². The highest BCUT2D eigenvalue weighted by Crippen LogP contribution is 2.43. The number of ether oxygens (including phenoxy) is 3. The number of ketones is 1. The zero-order valence-electron chi connectivity index (χ0n) is 20.8. The molecule has 1 amide bonds. The molecule has 7 nitrogen and oxygen atoms in total. The Morgan fingerprint density at radius 1 is 1.06 bits per heavy atom. The van der Waals surface area contributed by atoms with Crippen molar-refractivity contribution in [2.24, 2.45) is 0 Å². The van der Waals surface area contributed by atoms with Crippen molar-refractivity contribution in [1.29, 1.82) is 0 Å². The summed E-state index contributed by atoms with van der Waals surface area (Å²) in [6, 6.07) is 9.46. The summed E-state index contributed by atoms with van der Waals surface area (Å²) in [5.74, 6) is -0.503. The van der Waals surface area contributed by atoms with Crippen molar-refractivity contribution in [3.8, 4) is 17.2 Å². The number of methoxy groups -OCH3 is 2. The van der Waals surface area contributed by atoms with Crippen molar-refractivity contribution in [1.82, 2.24) is 4.90 Å². The van der Waals surface area contributed by atoms with E-state index in [0.29, 0.717) is 28.6 Å². The van der Waals surface area contributed by atoms with Gasteiger partial charge < -0.3 is 24.2 Å².